The topological polar surface area (TPSA) is 96.4 Å². The van der Waals surface area contributed by atoms with Crippen molar-refractivity contribution >= 4 is 17.9 Å². The van der Waals surface area contributed by atoms with Crippen molar-refractivity contribution in [3.05, 3.63) is 29.5 Å². The van der Waals surface area contributed by atoms with Crippen LogP contribution in [0.2, 0.25) is 0 Å². The SMILES string of the molecule is Nc1ncc(/C=C/C(=O)O)cc1CO. The third kappa shape index (κ3) is 2.56. The lowest BCUT2D eigenvalue weighted by molar-refractivity contribution is -0.131. The minimum absolute atomic E-state index is 0.215. The number of aliphatic carboxylic acids is 1. The fourth-order valence-corrected chi connectivity index (χ4v) is 0.925. The van der Waals surface area contributed by atoms with Crippen LogP contribution in [0, 0.1) is 0 Å². The van der Waals surface area contributed by atoms with E-state index in [-0.39, 0.29) is 12.4 Å². The third-order valence-corrected chi connectivity index (χ3v) is 1.61. The average molecular weight is 194 g/mol. The number of nitrogen functional groups attached to an aromatic ring is 1. The van der Waals surface area contributed by atoms with E-state index >= 15 is 0 Å². The Morgan fingerprint density at radius 3 is 2.93 bits per heavy atom. The summed E-state index contributed by atoms with van der Waals surface area (Å²) in [6, 6.07) is 1.59. The van der Waals surface area contributed by atoms with Gasteiger partial charge in [-0.15, -0.1) is 0 Å². The predicted molar refractivity (Wildman–Crippen MR) is 51.2 cm³/mol. The number of nitrogens with two attached hydrogens (primary N) is 1. The van der Waals surface area contributed by atoms with Crippen LogP contribution in [0.3, 0.4) is 0 Å². The molecule has 0 aromatic carbocycles. The standard InChI is InChI=1S/C9H10N2O3/c10-9-7(5-12)3-6(4-11-9)1-2-8(13)14/h1-4,12H,5H2,(H2,10,11)(H,13,14)/b2-1+. The number of carboxylic acids is 1. The Morgan fingerprint density at radius 2 is 2.36 bits per heavy atom. The van der Waals surface area contributed by atoms with E-state index in [0.29, 0.717) is 11.1 Å². The highest BCUT2D eigenvalue weighted by molar-refractivity contribution is 5.85. The van der Waals surface area contributed by atoms with Gasteiger partial charge in [-0.05, 0) is 17.7 Å². The molecule has 0 bridgehead atoms. The summed E-state index contributed by atoms with van der Waals surface area (Å²) in [7, 11) is 0. The lowest BCUT2D eigenvalue weighted by atomic mass is 10.2. The number of anilines is 1. The first-order valence-corrected chi connectivity index (χ1v) is 3.89. The van der Waals surface area contributed by atoms with Gasteiger partial charge in [-0.1, -0.05) is 0 Å². The summed E-state index contributed by atoms with van der Waals surface area (Å²) in [5.74, 6) is -0.785. The van der Waals surface area contributed by atoms with Gasteiger partial charge in [-0.3, -0.25) is 0 Å². The highest BCUT2D eigenvalue weighted by atomic mass is 16.4. The summed E-state index contributed by atoms with van der Waals surface area (Å²) in [6.07, 6.45) is 3.82. The second-order valence-electron chi connectivity index (χ2n) is 2.64. The van der Waals surface area contributed by atoms with E-state index in [9.17, 15) is 4.79 Å². The molecule has 0 radical (unpaired) electrons. The van der Waals surface area contributed by atoms with E-state index in [4.69, 9.17) is 15.9 Å². The highest BCUT2D eigenvalue weighted by Crippen LogP contribution is 2.11. The molecule has 4 N–H and O–H groups in total. The minimum atomic E-state index is -1.03. The number of hydrogen-bond acceptors (Lipinski definition) is 4. The summed E-state index contributed by atoms with van der Waals surface area (Å²) >= 11 is 0. The van der Waals surface area contributed by atoms with Crippen LogP contribution in [-0.2, 0) is 11.4 Å². The molecule has 1 heterocycles. The largest absolute Gasteiger partial charge is 0.478 e. The maximum Gasteiger partial charge on any atom is 0.328 e. The van der Waals surface area contributed by atoms with Gasteiger partial charge < -0.3 is 15.9 Å². The molecule has 0 spiro atoms. The van der Waals surface area contributed by atoms with Crippen LogP contribution in [0.1, 0.15) is 11.1 Å². The van der Waals surface area contributed by atoms with E-state index < -0.39 is 5.97 Å². The van der Waals surface area contributed by atoms with Crippen molar-refractivity contribution < 1.29 is 15.0 Å². The van der Waals surface area contributed by atoms with Crippen molar-refractivity contribution in [1.82, 2.24) is 4.98 Å². The van der Waals surface area contributed by atoms with E-state index in [1.54, 1.807) is 6.07 Å². The van der Waals surface area contributed by atoms with Gasteiger partial charge in [0.1, 0.15) is 5.82 Å². The van der Waals surface area contributed by atoms with Crippen LogP contribution < -0.4 is 5.73 Å². The maximum atomic E-state index is 10.2. The van der Waals surface area contributed by atoms with Gasteiger partial charge in [0.15, 0.2) is 0 Å². The average Bonchev–Trinajstić information content (AvgIpc) is 2.16. The summed E-state index contributed by atoms with van der Waals surface area (Å²) in [5, 5.41) is 17.2. The summed E-state index contributed by atoms with van der Waals surface area (Å²) < 4.78 is 0. The number of pyridine rings is 1. The van der Waals surface area contributed by atoms with Crippen molar-refractivity contribution in [2.45, 2.75) is 6.61 Å². The molecule has 0 aliphatic heterocycles. The van der Waals surface area contributed by atoms with Crippen molar-refractivity contribution in [1.29, 1.82) is 0 Å². The van der Waals surface area contributed by atoms with E-state index in [1.165, 1.54) is 12.3 Å². The lowest BCUT2D eigenvalue weighted by Gasteiger charge is -2.01. The molecule has 74 valence electrons. The first-order chi connectivity index (χ1) is 6.63. The summed E-state index contributed by atoms with van der Waals surface area (Å²) in [4.78, 5) is 14.0. The highest BCUT2D eigenvalue weighted by Gasteiger charge is 1.99. The number of aliphatic hydroxyl groups excluding tert-OH is 1. The number of aromatic nitrogens is 1. The molecule has 0 unspecified atom stereocenters. The van der Waals surface area contributed by atoms with Gasteiger partial charge in [0.05, 0.1) is 6.61 Å². The fourth-order valence-electron chi connectivity index (χ4n) is 0.925. The van der Waals surface area contributed by atoms with E-state index in [2.05, 4.69) is 4.98 Å². The Morgan fingerprint density at radius 1 is 1.64 bits per heavy atom. The zero-order valence-electron chi connectivity index (χ0n) is 7.34. The molecule has 0 aliphatic carbocycles. The molecule has 1 rings (SSSR count). The summed E-state index contributed by atoms with van der Waals surface area (Å²) in [5.41, 5.74) is 6.52. The number of hydrogen-bond donors (Lipinski definition) is 3. The molecule has 14 heavy (non-hydrogen) atoms. The molecule has 1 aromatic rings. The molecule has 0 fully saturated rings. The van der Waals surface area contributed by atoms with Gasteiger partial charge in [0, 0.05) is 17.8 Å². The number of carboxylic acid groups (broad SMARTS) is 1. The van der Waals surface area contributed by atoms with Crippen LogP contribution in [0.15, 0.2) is 18.3 Å². The van der Waals surface area contributed by atoms with Crippen LogP contribution in [-0.4, -0.2) is 21.2 Å². The first kappa shape index (κ1) is 10.2. The Kier molecular flexibility index (Phi) is 3.19. The number of nitrogens with zero attached hydrogens (tertiary/aromatic N) is 1. The first-order valence-electron chi connectivity index (χ1n) is 3.89. The fraction of sp³-hybridized carbons (Fsp3) is 0.111. The Bertz CT molecular complexity index is 374. The van der Waals surface area contributed by atoms with Crippen molar-refractivity contribution in [2.24, 2.45) is 0 Å². The molecular formula is C9H10N2O3. The Labute approximate surface area is 80.5 Å². The minimum Gasteiger partial charge on any atom is -0.478 e. The van der Waals surface area contributed by atoms with Gasteiger partial charge in [-0.2, -0.15) is 0 Å². The molecule has 5 nitrogen and oxygen atoms in total. The van der Waals surface area contributed by atoms with Gasteiger partial charge in [0.25, 0.3) is 0 Å². The van der Waals surface area contributed by atoms with Crippen LogP contribution >= 0.6 is 0 Å². The zero-order valence-corrected chi connectivity index (χ0v) is 7.34. The monoisotopic (exact) mass is 194 g/mol. The summed E-state index contributed by atoms with van der Waals surface area (Å²) in [6.45, 7) is -0.215. The molecule has 1 aromatic heterocycles. The second kappa shape index (κ2) is 4.38. The number of carbonyl (C=O) groups is 1. The van der Waals surface area contributed by atoms with Gasteiger partial charge in [-0.25, -0.2) is 9.78 Å². The molecule has 0 amide bonds. The maximum absolute atomic E-state index is 10.2. The molecule has 5 heteroatoms. The van der Waals surface area contributed by atoms with E-state index in [0.717, 1.165) is 6.08 Å². The molecule has 0 saturated heterocycles. The third-order valence-electron chi connectivity index (χ3n) is 1.61. The van der Waals surface area contributed by atoms with Crippen LogP contribution in [0.25, 0.3) is 6.08 Å². The van der Waals surface area contributed by atoms with Crippen molar-refractivity contribution in [3.63, 3.8) is 0 Å². The van der Waals surface area contributed by atoms with Crippen LogP contribution in [0.4, 0.5) is 5.82 Å². The molecular weight excluding hydrogens is 184 g/mol. The number of rotatable bonds is 3. The lowest BCUT2D eigenvalue weighted by Crippen LogP contribution is -1.98. The predicted octanol–water partition coefficient (Wildman–Crippen LogP) is 0.254. The van der Waals surface area contributed by atoms with Gasteiger partial charge >= 0.3 is 5.97 Å². The zero-order chi connectivity index (χ0) is 10.6. The van der Waals surface area contributed by atoms with Crippen LogP contribution in [0.5, 0.6) is 0 Å². The quantitative estimate of drug-likeness (QED) is 0.599. The molecule has 0 atom stereocenters. The number of aliphatic hydroxyl groups is 1. The van der Waals surface area contributed by atoms with Crippen molar-refractivity contribution in [2.75, 3.05) is 5.73 Å². The van der Waals surface area contributed by atoms with Crippen molar-refractivity contribution in [3.8, 4) is 0 Å². The van der Waals surface area contributed by atoms with Gasteiger partial charge in [0.2, 0.25) is 0 Å². The normalized spacial score (nSPS) is 10.6. The second-order valence-corrected chi connectivity index (χ2v) is 2.64. The molecule has 0 aliphatic rings. The van der Waals surface area contributed by atoms with E-state index in [1.807, 2.05) is 0 Å². The smallest absolute Gasteiger partial charge is 0.328 e. The Hall–Kier alpha value is -1.88. The Balaban J connectivity index is 2.95. The molecule has 0 saturated carbocycles.